The van der Waals surface area contributed by atoms with Crippen molar-refractivity contribution in [1.29, 1.82) is 0 Å². The Morgan fingerprint density at radius 3 is 2.44 bits per heavy atom. The van der Waals surface area contributed by atoms with Crippen LogP contribution in [0.1, 0.15) is 33.3 Å². The number of carbonyl (C=O) groups excluding carboxylic acids is 1. The molecule has 1 aromatic carbocycles. The Labute approximate surface area is 150 Å². The normalized spacial score (nSPS) is 11.8. The van der Waals surface area contributed by atoms with E-state index in [0.717, 1.165) is 0 Å². The molecule has 0 fully saturated rings. The molecule has 1 rings (SSSR count). The minimum absolute atomic E-state index is 0.0949. The summed E-state index contributed by atoms with van der Waals surface area (Å²) in [6.45, 7) is 9.29. The smallest absolute Gasteiger partial charge is 0.423 e. The van der Waals surface area contributed by atoms with Crippen LogP contribution in [0, 0.1) is 11.8 Å². The van der Waals surface area contributed by atoms with E-state index < -0.39 is 7.12 Å². The molecule has 0 atom stereocenters. The SMILES string of the molecule is CC(C)CN(N)CC(=O)N(CC(C)C)/N=C/c1cccc(B(O)O)c1. The first-order valence-electron chi connectivity index (χ1n) is 8.49. The maximum atomic E-state index is 12.5. The van der Waals surface area contributed by atoms with Crippen LogP contribution < -0.4 is 11.3 Å². The molecule has 0 aliphatic carbocycles. The van der Waals surface area contributed by atoms with Crippen molar-refractivity contribution in [2.45, 2.75) is 27.7 Å². The van der Waals surface area contributed by atoms with Crippen LogP contribution in [0.4, 0.5) is 0 Å². The fourth-order valence-corrected chi connectivity index (χ4v) is 2.28. The lowest BCUT2D eigenvalue weighted by Crippen LogP contribution is -2.44. The van der Waals surface area contributed by atoms with Crippen LogP contribution in [0.5, 0.6) is 0 Å². The molecule has 7 nitrogen and oxygen atoms in total. The van der Waals surface area contributed by atoms with Crippen molar-refractivity contribution >= 4 is 24.7 Å². The summed E-state index contributed by atoms with van der Waals surface area (Å²) in [5, 5.41) is 25.6. The predicted molar refractivity (Wildman–Crippen MR) is 101 cm³/mol. The molecular weight excluding hydrogens is 319 g/mol. The fraction of sp³-hybridized carbons (Fsp3) is 0.529. The molecule has 0 spiro atoms. The van der Waals surface area contributed by atoms with Crippen molar-refractivity contribution in [3.05, 3.63) is 29.8 Å². The van der Waals surface area contributed by atoms with Crippen LogP contribution in [0.2, 0.25) is 0 Å². The molecule has 138 valence electrons. The number of nitrogens with two attached hydrogens (primary N) is 1. The Balaban J connectivity index is 2.84. The fourth-order valence-electron chi connectivity index (χ4n) is 2.28. The Morgan fingerprint density at radius 1 is 1.24 bits per heavy atom. The first-order chi connectivity index (χ1) is 11.7. The molecule has 0 aliphatic rings. The van der Waals surface area contributed by atoms with Gasteiger partial charge in [0.2, 0.25) is 0 Å². The second-order valence-corrected chi connectivity index (χ2v) is 6.98. The Hall–Kier alpha value is -1.74. The second kappa shape index (κ2) is 10.3. The van der Waals surface area contributed by atoms with Crippen LogP contribution in [-0.4, -0.2) is 58.9 Å². The molecule has 8 heteroatoms. The summed E-state index contributed by atoms with van der Waals surface area (Å²) < 4.78 is 0. The molecule has 0 saturated heterocycles. The lowest BCUT2D eigenvalue weighted by atomic mass is 9.80. The number of nitrogens with zero attached hydrogens (tertiary/aromatic N) is 3. The van der Waals surface area contributed by atoms with Crippen molar-refractivity contribution in [2.24, 2.45) is 22.8 Å². The van der Waals surface area contributed by atoms with Crippen molar-refractivity contribution in [3.8, 4) is 0 Å². The number of amides is 1. The topological polar surface area (TPSA) is 102 Å². The van der Waals surface area contributed by atoms with Crippen LogP contribution in [0.3, 0.4) is 0 Å². The lowest BCUT2D eigenvalue weighted by Gasteiger charge is -2.23. The first kappa shape index (κ1) is 21.3. The van der Waals surface area contributed by atoms with E-state index in [0.29, 0.717) is 30.0 Å². The van der Waals surface area contributed by atoms with Gasteiger partial charge in [-0.3, -0.25) is 10.6 Å². The van der Waals surface area contributed by atoms with Crippen molar-refractivity contribution in [3.63, 3.8) is 0 Å². The number of hydrogen-bond donors (Lipinski definition) is 3. The lowest BCUT2D eigenvalue weighted by molar-refractivity contribution is -0.133. The Morgan fingerprint density at radius 2 is 1.88 bits per heavy atom. The van der Waals surface area contributed by atoms with Crippen LogP contribution >= 0.6 is 0 Å². The zero-order valence-corrected chi connectivity index (χ0v) is 15.5. The van der Waals surface area contributed by atoms with Gasteiger partial charge in [0.05, 0.1) is 12.8 Å². The highest BCUT2D eigenvalue weighted by Gasteiger charge is 2.17. The minimum atomic E-state index is -1.54. The van der Waals surface area contributed by atoms with E-state index in [1.807, 2.05) is 27.7 Å². The third-order valence-electron chi connectivity index (χ3n) is 3.32. The van der Waals surface area contributed by atoms with Gasteiger partial charge in [0.1, 0.15) is 0 Å². The van der Waals surface area contributed by atoms with Crippen molar-refractivity contribution in [1.82, 2.24) is 10.0 Å². The standard InChI is InChI=1S/C17H29BN4O3/c1-13(2)10-21(19)12-17(23)22(11-14(3)4)20-9-15-6-5-7-16(8-15)18(24)25/h5-9,13-14,24-25H,10-12,19H2,1-4H3/b20-9+. The highest BCUT2D eigenvalue weighted by molar-refractivity contribution is 6.58. The van der Waals surface area contributed by atoms with E-state index in [9.17, 15) is 14.8 Å². The summed E-state index contributed by atoms with van der Waals surface area (Å²) in [6.07, 6.45) is 1.54. The van der Waals surface area contributed by atoms with Gasteiger partial charge in [-0.25, -0.2) is 10.0 Å². The number of carbonyl (C=O) groups is 1. The second-order valence-electron chi connectivity index (χ2n) is 6.98. The molecule has 0 aliphatic heterocycles. The molecule has 0 radical (unpaired) electrons. The zero-order valence-electron chi connectivity index (χ0n) is 15.5. The van der Waals surface area contributed by atoms with E-state index in [2.05, 4.69) is 5.10 Å². The maximum Gasteiger partial charge on any atom is 0.488 e. The van der Waals surface area contributed by atoms with Crippen LogP contribution in [-0.2, 0) is 4.79 Å². The van der Waals surface area contributed by atoms with E-state index in [1.165, 1.54) is 16.2 Å². The van der Waals surface area contributed by atoms with Crippen LogP contribution in [0.25, 0.3) is 0 Å². The van der Waals surface area contributed by atoms with E-state index in [1.54, 1.807) is 24.3 Å². The number of rotatable bonds is 9. The average Bonchev–Trinajstić information content (AvgIpc) is 2.50. The molecule has 4 N–H and O–H groups in total. The Kier molecular flexibility index (Phi) is 8.78. The molecule has 0 heterocycles. The zero-order chi connectivity index (χ0) is 19.0. The van der Waals surface area contributed by atoms with Gasteiger partial charge >= 0.3 is 7.12 Å². The number of hydrogen-bond acceptors (Lipinski definition) is 6. The quantitative estimate of drug-likeness (QED) is 0.253. The van der Waals surface area contributed by atoms with E-state index >= 15 is 0 Å². The van der Waals surface area contributed by atoms with Crippen LogP contribution in [0.15, 0.2) is 29.4 Å². The number of benzene rings is 1. The summed E-state index contributed by atoms with van der Waals surface area (Å²) in [5.41, 5.74) is 1.05. The summed E-state index contributed by atoms with van der Waals surface area (Å²) in [7, 11) is -1.54. The monoisotopic (exact) mass is 348 g/mol. The molecule has 1 amide bonds. The summed E-state index contributed by atoms with van der Waals surface area (Å²) in [4.78, 5) is 12.5. The van der Waals surface area contributed by atoms with Gasteiger partial charge in [-0.05, 0) is 22.9 Å². The van der Waals surface area contributed by atoms with Gasteiger partial charge in [0.25, 0.3) is 5.91 Å². The summed E-state index contributed by atoms with van der Waals surface area (Å²) in [5.74, 6) is 6.33. The van der Waals surface area contributed by atoms with Gasteiger partial charge in [0, 0.05) is 13.1 Å². The average molecular weight is 348 g/mol. The summed E-state index contributed by atoms with van der Waals surface area (Å²) >= 11 is 0. The third kappa shape index (κ3) is 8.26. The highest BCUT2D eigenvalue weighted by atomic mass is 16.4. The molecule has 25 heavy (non-hydrogen) atoms. The largest absolute Gasteiger partial charge is 0.488 e. The maximum absolute atomic E-state index is 12.5. The minimum Gasteiger partial charge on any atom is -0.423 e. The third-order valence-corrected chi connectivity index (χ3v) is 3.32. The van der Waals surface area contributed by atoms with Crippen molar-refractivity contribution in [2.75, 3.05) is 19.6 Å². The van der Waals surface area contributed by atoms with E-state index in [-0.39, 0.29) is 18.4 Å². The molecule has 0 saturated carbocycles. The van der Waals surface area contributed by atoms with Crippen molar-refractivity contribution < 1.29 is 14.8 Å². The predicted octanol–water partition coefficient (Wildman–Crippen LogP) is 0.0166. The molecule has 1 aromatic rings. The molecule has 0 bridgehead atoms. The number of hydrazone groups is 1. The highest BCUT2D eigenvalue weighted by Crippen LogP contribution is 2.03. The van der Waals surface area contributed by atoms with Gasteiger partial charge in [0.15, 0.2) is 0 Å². The number of hydrazine groups is 1. The summed E-state index contributed by atoms with van der Waals surface area (Å²) in [6, 6.07) is 6.70. The molecular formula is C17H29BN4O3. The Bertz CT molecular complexity index is 579. The van der Waals surface area contributed by atoms with Gasteiger partial charge in [-0.15, -0.1) is 0 Å². The molecule has 0 unspecified atom stereocenters. The molecule has 0 aromatic heterocycles. The van der Waals surface area contributed by atoms with Gasteiger partial charge in [-0.1, -0.05) is 52.0 Å². The van der Waals surface area contributed by atoms with Gasteiger partial charge in [-0.2, -0.15) is 5.10 Å². The van der Waals surface area contributed by atoms with Gasteiger partial charge < -0.3 is 10.0 Å². The first-order valence-corrected chi connectivity index (χ1v) is 8.49. The van der Waals surface area contributed by atoms with E-state index in [4.69, 9.17) is 5.84 Å².